The number of aromatic nitrogens is 2. The minimum Gasteiger partial charge on any atom is -0.328 e. The van der Waals surface area contributed by atoms with Gasteiger partial charge >= 0.3 is 0 Å². The van der Waals surface area contributed by atoms with E-state index in [-0.39, 0.29) is 6.04 Å². The number of rotatable bonds is 4. The molecule has 4 heteroatoms. The zero-order valence-corrected chi connectivity index (χ0v) is 12.2. The lowest BCUT2D eigenvalue weighted by molar-refractivity contribution is 0.696. The van der Waals surface area contributed by atoms with Crippen molar-refractivity contribution in [2.75, 3.05) is 0 Å². The summed E-state index contributed by atoms with van der Waals surface area (Å²) >= 11 is 6.23. The maximum Gasteiger partial charge on any atom is 0.0951 e. The number of halogens is 1. The van der Waals surface area contributed by atoms with Gasteiger partial charge in [-0.05, 0) is 17.2 Å². The van der Waals surface area contributed by atoms with Crippen molar-refractivity contribution >= 4 is 11.6 Å². The van der Waals surface area contributed by atoms with Gasteiger partial charge in [0.05, 0.1) is 30.8 Å². The van der Waals surface area contributed by atoms with Gasteiger partial charge in [-0.3, -0.25) is 0 Å². The quantitative estimate of drug-likeness (QED) is 0.799. The summed E-state index contributed by atoms with van der Waals surface area (Å²) in [5.74, 6) is 0. The van der Waals surface area contributed by atoms with Crippen LogP contribution in [0.4, 0.5) is 0 Å². The van der Waals surface area contributed by atoms with Crippen LogP contribution in [0.1, 0.15) is 22.9 Å². The Kier molecular flexibility index (Phi) is 4.04. The SMILES string of the molecule is NC(c1ccccc1)c1cncn1Cc1ccccc1Cl. The highest BCUT2D eigenvalue weighted by Crippen LogP contribution is 2.22. The third-order valence-corrected chi connectivity index (χ3v) is 3.89. The van der Waals surface area contributed by atoms with E-state index in [1.807, 2.05) is 65.4 Å². The standard InChI is InChI=1S/C17H16ClN3/c18-15-9-5-4-8-14(15)11-21-12-20-10-16(21)17(19)13-6-2-1-3-7-13/h1-10,12,17H,11,19H2. The first-order chi connectivity index (χ1) is 10.3. The molecule has 2 N–H and O–H groups in total. The highest BCUT2D eigenvalue weighted by molar-refractivity contribution is 6.31. The molecule has 0 bridgehead atoms. The van der Waals surface area contributed by atoms with Crippen LogP contribution >= 0.6 is 11.6 Å². The second-order valence-corrected chi connectivity index (χ2v) is 5.33. The Hall–Kier alpha value is -2.10. The van der Waals surface area contributed by atoms with E-state index in [1.165, 1.54) is 0 Å². The van der Waals surface area contributed by atoms with Crippen LogP contribution in [0.25, 0.3) is 0 Å². The van der Waals surface area contributed by atoms with Gasteiger partial charge in [-0.2, -0.15) is 0 Å². The average Bonchev–Trinajstić information content (AvgIpc) is 2.98. The molecule has 1 unspecified atom stereocenters. The van der Waals surface area contributed by atoms with E-state index in [2.05, 4.69) is 4.98 Å². The maximum absolute atomic E-state index is 6.36. The normalized spacial score (nSPS) is 12.3. The van der Waals surface area contributed by atoms with Gasteiger partial charge in [0.1, 0.15) is 0 Å². The van der Waals surface area contributed by atoms with Crippen molar-refractivity contribution in [1.29, 1.82) is 0 Å². The van der Waals surface area contributed by atoms with Crippen molar-refractivity contribution in [3.05, 3.63) is 89.0 Å². The van der Waals surface area contributed by atoms with E-state index in [0.717, 1.165) is 21.8 Å². The lowest BCUT2D eigenvalue weighted by Gasteiger charge is -2.15. The topological polar surface area (TPSA) is 43.8 Å². The molecular formula is C17H16ClN3. The van der Waals surface area contributed by atoms with Crippen LogP contribution in [0.5, 0.6) is 0 Å². The van der Waals surface area contributed by atoms with Crippen LogP contribution in [-0.2, 0) is 6.54 Å². The average molecular weight is 298 g/mol. The first-order valence-corrected chi connectivity index (χ1v) is 7.17. The number of hydrogen-bond donors (Lipinski definition) is 1. The first-order valence-electron chi connectivity index (χ1n) is 6.79. The molecule has 0 fully saturated rings. The number of benzene rings is 2. The number of imidazole rings is 1. The second kappa shape index (κ2) is 6.12. The molecular weight excluding hydrogens is 282 g/mol. The fraction of sp³-hybridized carbons (Fsp3) is 0.118. The van der Waals surface area contributed by atoms with Crippen molar-refractivity contribution in [3.8, 4) is 0 Å². The van der Waals surface area contributed by atoms with E-state index >= 15 is 0 Å². The van der Waals surface area contributed by atoms with E-state index in [0.29, 0.717) is 6.54 Å². The number of nitrogens with zero attached hydrogens (tertiary/aromatic N) is 2. The van der Waals surface area contributed by atoms with E-state index in [4.69, 9.17) is 17.3 Å². The fourth-order valence-electron chi connectivity index (χ4n) is 2.36. The van der Waals surface area contributed by atoms with Crippen molar-refractivity contribution in [3.63, 3.8) is 0 Å². The Bertz CT molecular complexity index is 722. The summed E-state index contributed by atoms with van der Waals surface area (Å²) in [5.41, 5.74) is 9.46. The summed E-state index contributed by atoms with van der Waals surface area (Å²) in [6.07, 6.45) is 3.61. The zero-order chi connectivity index (χ0) is 14.7. The molecule has 0 aliphatic heterocycles. The van der Waals surface area contributed by atoms with Gasteiger partial charge in [-0.25, -0.2) is 4.98 Å². The molecule has 0 radical (unpaired) electrons. The molecule has 2 aromatic carbocycles. The fourth-order valence-corrected chi connectivity index (χ4v) is 2.56. The Morgan fingerprint density at radius 1 is 1.05 bits per heavy atom. The first kappa shape index (κ1) is 13.9. The zero-order valence-electron chi connectivity index (χ0n) is 11.5. The molecule has 3 rings (SSSR count). The molecule has 0 amide bonds. The molecule has 0 aliphatic carbocycles. The van der Waals surface area contributed by atoms with Crippen molar-refractivity contribution in [2.45, 2.75) is 12.6 Å². The van der Waals surface area contributed by atoms with Gasteiger partial charge in [0.25, 0.3) is 0 Å². The predicted molar refractivity (Wildman–Crippen MR) is 85.3 cm³/mol. The molecule has 0 saturated carbocycles. The van der Waals surface area contributed by atoms with Crippen LogP contribution in [0.2, 0.25) is 5.02 Å². The molecule has 1 heterocycles. The van der Waals surface area contributed by atoms with Crippen molar-refractivity contribution in [2.24, 2.45) is 5.73 Å². The van der Waals surface area contributed by atoms with E-state index < -0.39 is 0 Å². The summed E-state index contributed by atoms with van der Waals surface area (Å²) in [4.78, 5) is 4.23. The van der Waals surface area contributed by atoms with Gasteiger partial charge < -0.3 is 10.3 Å². The highest BCUT2D eigenvalue weighted by atomic mass is 35.5. The van der Waals surface area contributed by atoms with Crippen LogP contribution in [0, 0.1) is 0 Å². The van der Waals surface area contributed by atoms with Crippen LogP contribution in [-0.4, -0.2) is 9.55 Å². The number of hydrogen-bond acceptors (Lipinski definition) is 2. The van der Waals surface area contributed by atoms with Gasteiger partial charge in [0.15, 0.2) is 0 Å². The molecule has 3 aromatic rings. The minimum atomic E-state index is -0.198. The monoisotopic (exact) mass is 297 g/mol. The molecule has 0 saturated heterocycles. The van der Waals surface area contributed by atoms with Crippen LogP contribution in [0.15, 0.2) is 67.1 Å². The molecule has 21 heavy (non-hydrogen) atoms. The highest BCUT2D eigenvalue weighted by Gasteiger charge is 2.14. The van der Waals surface area contributed by atoms with Crippen LogP contribution < -0.4 is 5.73 Å². The van der Waals surface area contributed by atoms with Crippen molar-refractivity contribution < 1.29 is 0 Å². The summed E-state index contributed by atoms with van der Waals surface area (Å²) < 4.78 is 2.04. The molecule has 0 spiro atoms. The Morgan fingerprint density at radius 2 is 1.76 bits per heavy atom. The maximum atomic E-state index is 6.36. The van der Waals surface area contributed by atoms with Gasteiger partial charge in [-0.15, -0.1) is 0 Å². The lowest BCUT2D eigenvalue weighted by atomic mass is 10.1. The summed E-state index contributed by atoms with van der Waals surface area (Å²) in [7, 11) is 0. The van der Waals surface area contributed by atoms with Crippen LogP contribution in [0.3, 0.4) is 0 Å². The van der Waals surface area contributed by atoms with Gasteiger partial charge in [0, 0.05) is 5.02 Å². The molecule has 1 aromatic heterocycles. The third-order valence-electron chi connectivity index (χ3n) is 3.52. The Balaban J connectivity index is 1.89. The summed E-state index contributed by atoms with van der Waals surface area (Å²) in [6.45, 7) is 0.662. The van der Waals surface area contributed by atoms with E-state index in [9.17, 15) is 0 Å². The van der Waals surface area contributed by atoms with Crippen molar-refractivity contribution in [1.82, 2.24) is 9.55 Å². The summed E-state index contributed by atoms with van der Waals surface area (Å²) in [5, 5.41) is 0.755. The molecule has 1 atom stereocenters. The molecule has 106 valence electrons. The lowest BCUT2D eigenvalue weighted by Crippen LogP contribution is -2.17. The van der Waals surface area contributed by atoms with Gasteiger partial charge in [0.2, 0.25) is 0 Å². The largest absolute Gasteiger partial charge is 0.328 e. The smallest absolute Gasteiger partial charge is 0.0951 e. The second-order valence-electron chi connectivity index (χ2n) is 4.93. The minimum absolute atomic E-state index is 0.198. The Morgan fingerprint density at radius 3 is 2.52 bits per heavy atom. The Labute approximate surface area is 129 Å². The number of nitrogens with two attached hydrogens (primary N) is 1. The van der Waals surface area contributed by atoms with Gasteiger partial charge in [-0.1, -0.05) is 60.1 Å². The predicted octanol–water partition coefficient (Wildman–Crippen LogP) is 3.63. The molecule has 0 aliphatic rings. The third kappa shape index (κ3) is 2.99. The molecule has 3 nitrogen and oxygen atoms in total. The summed E-state index contributed by atoms with van der Waals surface area (Å²) in [6, 6.07) is 17.6. The van der Waals surface area contributed by atoms with E-state index in [1.54, 1.807) is 6.33 Å².